The molecule has 0 fully saturated rings. The highest BCUT2D eigenvalue weighted by atomic mass is 15.2. The predicted octanol–water partition coefficient (Wildman–Crippen LogP) is 0.643. The summed E-state index contributed by atoms with van der Waals surface area (Å²) in [6.07, 6.45) is 2.83. The van der Waals surface area contributed by atoms with E-state index < -0.39 is 0 Å². The maximum Gasteiger partial charge on any atom is 0.105 e. The Kier molecular flexibility index (Phi) is 2.83. The Morgan fingerprint density at radius 2 is 2.42 bits per heavy atom. The van der Waals surface area contributed by atoms with Crippen molar-refractivity contribution in [1.82, 2.24) is 15.0 Å². The minimum atomic E-state index is 0.205. The van der Waals surface area contributed by atoms with Gasteiger partial charge in [0.25, 0.3) is 0 Å². The fraction of sp³-hybridized carbons (Fsp3) is 0.625. The fourth-order valence-electron chi connectivity index (χ4n) is 1.26. The molecule has 1 unspecified atom stereocenters. The van der Waals surface area contributed by atoms with Crippen LogP contribution in [-0.2, 0) is 7.05 Å². The standard InChI is InChI=1S/C8H16N4/c1-4-7(11-9)8-5-10-6(2)12(8)3/h5,7,11H,4,9H2,1-3H3. The molecule has 1 aromatic rings. The van der Waals surface area contributed by atoms with Gasteiger partial charge in [0.05, 0.1) is 17.9 Å². The monoisotopic (exact) mass is 168 g/mol. The number of hydrogen-bond acceptors (Lipinski definition) is 3. The fourth-order valence-corrected chi connectivity index (χ4v) is 1.26. The van der Waals surface area contributed by atoms with Crippen molar-refractivity contribution in [3.05, 3.63) is 17.7 Å². The van der Waals surface area contributed by atoms with Gasteiger partial charge in [0.2, 0.25) is 0 Å². The van der Waals surface area contributed by atoms with Crippen molar-refractivity contribution < 1.29 is 0 Å². The van der Waals surface area contributed by atoms with Gasteiger partial charge in [0, 0.05) is 7.05 Å². The molecule has 68 valence electrons. The average molecular weight is 168 g/mol. The summed E-state index contributed by atoms with van der Waals surface area (Å²) in [5.74, 6) is 6.42. The smallest absolute Gasteiger partial charge is 0.105 e. The minimum absolute atomic E-state index is 0.205. The van der Waals surface area contributed by atoms with E-state index in [0.29, 0.717) is 0 Å². The van der Waals surface area contributed by atoms with Crippen LogP contribution in [0.5, 0.6) is 0 Å². The SMILES string of the molecule is CCC(NN)c1cnc(C)n1C. The molecule has 0 saturated heterocycles. The lowest BCUT2D eigenvalue weighted by atomic mass is 10.2. The van der Waals surface area contributed by atoms with Crippen LogP contribution in [-0.4, -0.2) is 9.55 Å². The second-order valence-corrected chi connectivity index (χ2v) is 2.92. The van der Waals surface area contributed by atoms with E-state index in [0.717, 1.165) is 17.9 Å². The first-order chi connectivity index (χ1) is 5.70. The molecule has 4 heteroatoms. The van der Waals surface area contributed by atoms with Gasteiger partial charge in [-0.15, -0.1) is 0 Å². The molecule has 12 heavy (non-hydrogen) atoms. The van der Waals surface area contributed by atoms with E-state index in [2.05, 4.69) is 17.3 Å². The molecule has 0 radical (unpaired) electrons. The van der Waals surface area contributed by atoms with Crippen LogP contribution in [0.25, 0.3) is 0 Å². The summed E-state index contributed by atoms with van der Waals surface area (Å²) in [4.78, 5) is 4.20. The first kappa shape index (κ1) is 9.22. The van der Waals surface area contributed by atoms with E-state index in [9.17, 15) is 0 Å². The lowest BCUT2D eigenvalue weighted by Gasteiger charge is -2.13. The summed E-state index contributed by atoms with van der Waals surface area (Å²) in [6.45, 7) is 4.07. The molecule has 0 saturated carbocycles. The molecule has 1 aromatic heterocycles. The Hall–Kier alpha value is -0.870. The van der Waals surface area contributed by atoms with Crippen LogP contribution in [0.3, 0.4) is 0 Å². The summed E-state index contributed by atoms with van der Waals surface area (Å²) in [6, 6.07) is 0.205. The molecule has 1 heterocycles. The highest BCUT2D eigenvalue weighted by molar-refractivity contribution is 5.08. The van der Waals surface area contributed by atoms with Gasteiger partial charge in [-0.2, -0.15) is 0 Å². The van der Waals surface area contributed by atoms with Crippen LogP contribution >= 0.6 is 0 Å². The molecular weight excluding hydrogens is 152 g/mol. The van der Waals surface area contributed by atoms with Crippen molar-refractivity contribution in [2.45, 2.75) is 26.3 Å². The zero-order valence-electron chi connectivity index (χ0n) is 7.83. The first-order valence-corrected chi connectivity index (χ1v) is 4.15. The number of nitrogens with two attached hydrogens (primary N) is 1. The van der Waals surface area contributed by atoms with Gasteiger partial charge >= 0.3 is 0 Å². The summed E-state index contributed by atoms with van der Waals surface area (Å²) in [7, 11) is 2.00. The van der Waals surface area contributed by atoms with E-state index in [-0.39, 0.29) is 6.04 Å². The zero-order chi connectivity index (χ0) is 9.14. The predicted molar refractivity (Wildman–Crippen MR) is 48.3 cm³/mol. The van der Waals surface area contributed by atoms with E-state index >= 15 is 0 Å². The first-order valence-electron chi connectivity index (χ1n) is 4.15. The van der Waals surface area contributed by atoms with Crippen molar-refractivity contribution in [3.8, 4) is 0 Å². The topological polar surface area (TPSA) is 55.9 Å². The summed E-state index contributed by atoms with van der Waals surface area (Å²) in [5, 5.41) is 0. The quantitative estimate of drug-likeness (QED) is 0.514. The lowest BCUT2D eigenvalue weighted by molar-refractivity contribution is 0.508. The zero-order valence-corrected chi connectivity index (χ0v) is 7.83. The number of imidazole rings is 1. The van der Waals surface area contributed by atoms with Crippen LogP contribution in [0, 0.1) is 6.92 Å². The molecule has 0 aliphatic carbocycles. The van der Waals surface area contributed by atoms with Gasteiger partial charge in [0.15, 0.2) is 0 Å². The number of hydrazine groups is 1. The Morgan fingerprint density at radius 3 is 2.75 bits per heavy atom. The normalized spacial score (nSPS) is 13.3. The third kappa shape index (κ3) is 1.49. The molecule has 0 aliphatic heterocycles. The second kappa shape index (κ2) is 3.69. The van der Waals surface area contributed by atoms with E-state index in [1.165, 1.54) is 0 Å². The van der Waals surface area contributed by atoms with Crippen molar-refractivity contribution in [2.24, 2.45) is 12.9 Å². The number of rotatable bonds is 3. The van der Waals surface area contributed by atoms with Crippen molar-refractivity contribution in [1.29, 1.82) is 0 Å². The molecule has 0 bridgehead atoms. The van der Waals surface area contributed by atoms with Gasteiger partial charge in [-0.1, -0.05) is 6.92 Å². The van der Waals surface area contributed by atoms with Gasteiger partial charge in [-0.3, -0.25) is 11.3 Å². The molecule has 1 rings (SSSR count). The summed E-state index contributed by atoms with van der Waals surface area (Å²) in [5.41, 5.74) is 3.90. The Morgan fingerprint density at radius 1 is 1.75 bits per heavy atom. The molecular formula is C8H16N4. The van der Waals surface area contributed by atoms with Crippen molar-refractivity contribution in [2.75, 3.05) is 0 Å². The number of nitrogens with zero attached hydrogens (tertiary/aromatic N) is 2. The molecule has 0 spiro atoms. The largest absolute Gasteiger partial charge is 0.334 e. The summed E-state index contributed by atoms with van der Waals surface area (Å²) < 4.78 is 2.05. The number of aryl methyl sites for hydroxylation is 1. The maximum atomic E-state index is 5.40. The average Bonchev–Trinajstić information content (AvgIpc) is 2.38. The number of hydrogen-bond donors (Lipinski definition) is 2. The number of aromatic nitrogens is 2. The summed E-state index contributed by atoms with van der Waals surface area (Å²) >= 11 is 0. The van der Waals surface area contributed by atoms with Gasteiger partial charge < -0.3 is 4.57 Å². The molecule has 0 aliphatic rings. The number of nitrogens with one attached hydrogen (secondary N) is 1. The highest BCUT2D eigenvalue weighted by Gasteiger charge is 2.11. The second-order valence-electron chi connectivity index (χ2n) is 2.92. The van der Waals surface area contributed by atoms with Crippen LogP contribution in [0.4, 0.5) is 0 Å². The molecule has 0 aromatic carbocycles. The molecule has 3 N–H and O–H groups in total. The van der Waals surface area contributed by atoms with E-state index in [1.54, 1.807) is 0 Å². The third-order valence-electron chi connectivity index (χ3n) is 2.22. The molecule has 0 amide bonds. The van der Waals surface area contributed by atoms with E-state index in [1.807, 2.05) is 24.7 Å². The Balaban J connectivity index is 2.93. The minimum Gasteiger partial charge on any atom is -0.334 e. The Labute approximate surface area is 72.8 Å². The molecule has 4 nitrogen and oxygen atoms in total. The van der Waals surface area contributed by atoms with Gasteiger partial charge in [0.1, 0.15) is 5.82 Å². The van der Waals surface area contributed by atoms with Gasteiger partial charge in [-0.05, 0) is 13.3 Å². The van der Waals surface area contributed by atoms with Crippen LogP contribution in [0.1, 0.15) is 30.9 Å². The van der Waals surface area contributed by atoms with Crippen molar-refractivity contribution >= 4 is 0 Å². The Bertz CT molecular complexity index is 250. The van der Waals surface area contributed by atoms with E-state index in [4.69, 9.17) is 5.84 Å². The van der Waals surface area contributed by atoms with Crippen LogP contribution in [0.2, 0.25) is 0 Å². The van der Waals surface area contributed by atoms with Gasteiger partial charge in [-0.25, -0.2) is 4.98 Å². The third-order valence-corrected chi connectivity index (χ3v) is 2.22. The lowest BCUT2D eigenvalue weighted by Crippen LogP contribution is -2.28. The molecule has 1 atom stereocenters. The van der Waals surface area contributed by atoms with Crippen LogP contribution < -0.4 is 11.3 Å². The maximum absolute atomic E-state index is 5.40. The van der Waals surface area contributed by atoms with Crippen molar-refractivity contribution in [3.63, 3.8) is 0 Å². The van der Waals surface area contributed by atoms with Crippen LogP contribution in [0.15, 0.2) is 6.20 Å². The highest BCUT2D eigenvalue weighted by Crippen LogP contribution is 2.15.